The maximum atomic E-state index is 9.16. The lowest BCUT2D eigenvalue weighted by molar-refractivity contribution is -0.521. The summed E-state index contributed by atoms with van der Waals surface area (Å²) in [6, 6.07) is 0. The van der Waals surface area contributed by atoms with Crippen molar-refractivity contribution in [1.82, 2.24) is 4.90 Å². The molecule has 0 fully saturated rings. The molecular formula is C18H37N2O+. The molecule has 0 aromatic carbocycles. The van der Waals surface area contributed by atoms with E-state index in [4.69, 9.17) is 5.11 Å². The summed E-state index contributed by atoms with van der Waals surface area (Å²) in [5, 5.41) is 9.16. The van der Waals surface area contributed by atoms with Crippen molar-refractivity contribution >= 4 is 5.84 Å². The molecule has 21 heavy (non-hydrogen) atoms. The molecule has 1 heterocycles. The van der Waals surface area contributed by atoms with E-state index < -0.39 is 0 Å². The fourth-order valence-corrected chi connectivity index (χ4v) is 3.31. The van der Waals surface area contributed by atoms with E-state index in [9.17, 15) is 0 Å². The molecule has 1 aliphatic heterocycles. The number of aliphatic hydroxyl groups excluding tert-OH is 1. The van der Waals surface area contributed by atoms with Crippen molar-refractivity contribution in [3.8, 4) is 0 Å². The number of hydrogen-bond acceptors (Lipinski definition) is 2. The smallest absolute Gasteiger partial charge is 0.247 e. The first-order valence-corrected chi connectivity index (χ1v) is 9.30. The van der Waals surface area contributed by atoms with Gasteiger partial charge < -0.3 is 5.11 Å². The summed E-state index contributed by atoms with van der Waals surface area (Å²) in [6.45, 7) is 8.94. The van der Waals surface area contributed by atoms with Gasteiger partial charge >= 0.3 is 0 Å². The van der Waals surface area contributed by atoms with Crippen LogP contribution in [0.15, 0.2) is 0 Å². The van der Waals surface area contributed by atoms with Crippen molar-refractivity contribution in [2.45, 2.75) is 78.1 Å². The van der Waals surface area contributed by atoms with Gasteiger partial charge in [0.25, 0.3) is 0 Å². The summed E-state index contributed by atoms with van der Waals surface area (Å²) >= 11 is 0. The lowest BCUT2D eigenvalue weighted by Crippen LogP contribution is -2.30. The zero-order valence-electron chi connectivity index (χ0n) is 14.4. The van der Waals surface area contributed by atoms with Crippen LogP contribution in [-0.4, -0.2) is 53.2 Å². The summed E-state index contributed by atoms with van der Waals surface area (Å²) in [7, 11) is 0. The van der Waals surface area contributed by atoms with Crippen molar-refractivity contribution < 1.29 is 9.68 Å². The predicted octanol–water partition coefficient (Wildman–Crippen LogP) is 3.65. The molecule has 1 aliphatic rings. The Morgan fingerprint density at radius 1 is 0.952 bits per heavy atom. The van der Waals surface area contributed by atoms with E-state index in [-0.39, 0.29) is 6.61 Å². The largest absolute Gasteiger partial charge is 0.392 e. The van der Waals surface area contributed by atoms with Gasteiger partial charge in [-0.1, -0.05) is 58.3 Å². The van der Waals surface area contributed by atoms with Crippen molar-refractivity contribution in [1.29, 1.82) is 0 Å². The molecule has 0 saturated carbocycles. The van der Waals surface area contributed by atoms with Crippen LogP contribution >= 0.6 is 0 Å². The van der Waals surface area contributed by atoms with E-state index in [1.807, 2.05) is 0 Å². The predicted molar refractivity (Wildman–Crippen MR) is 91.2 cm³/mol. The van der Waals surface area contributed by atoms with E-state index in [2.05, 4.69) is 23.3 Å². The molecule has 0 unspecified atom stereocenters. The van der Waals surface area contributed by atoms with Crippen molar-refractivity contribution in [2.75, 3.05) is 32.8 Å². The van der Waals surface area contributed by atoms with Gasteiger partial charge in [-0.2, -0.15) is 0 Å². The highest BCUT2D eigenvalue weighted by Crippen LogP contribution is 2.13. The maximum absolute atomic E-state index is 9.16. The number of unbranched alkanes of at least 4 members (excludes halogenated alkanes) is 8. The highest BCUT2D eigenvalue weighted by Gasteiger charge is 2.27. The third kappa shape index (κ3) is 7.30. The highest BCUT2D eigenvalue weighted by atomic mass is 16.3. The van der Waals surface area contributed by atoms with Crippen LogP contribution in [0.1, 0.15) is 78.1 Å². The zero-order chi connectivity index (χ0) is 15.3. The highest BCUT2D eigenvalue weighted by molar-refractivity contribution is 5.78. The van der Waals surface area contributed by atoms with Crippen LogP contribution in [0.3, 0.4) is 0 Å². The number of β-amino-alcohol motifs (C(OH)–C–C–N with tert-alkyl or cyclic N) is 1. The van der Waals surface area contributed by atoms with Gasteiger partial charge in [0.05, 0.1) is 13.2 Å². The molecule has 0 atom stereocenters. The van der Waals surface area contributed by atoms with Gasteiger partial charge in [0.15, 0.2) is 0 Å². The molecule has 0 bridgehead atoms. The molecule has 0 aromatic rings. The number of likely N-dealkylation sites (N-methyl/N-ethyl adjacent to an activating group) is 1. The first-order valence-electron chi connectivity index (χ1n) is 9.30. The first-order chi connectivity index (χ1) is 10.3. The Morgan fingerprint density at radius 2 is 1.57 bits per heavy atom. The molecule has 1 rings (SSSR count). The van der Waals surface area contributed by atoms with Gasteiger partial charge in [0, 0.05) is 6.42 Å². The van der Waals surface area contributed by atoms with Gasteiger partial charge in [0.1, 0.15) is 19.6 Å². The summed E-state index contributed by atoms with van der Waals surface area (Å²) in [5.41, 5.74) is 0. The molecule has 0 radical (unpaired) electrons. The summed E-state index contributed by atoms with van der Waals surface area (Å²) in [5.74, 6) is 1.48. The molecule has 0 amide bonds. The third-order valence-corrected chi connectivity index (χ3v) is 4.63. The summed E-state index contributed by atoms with van der Waals surface area (Å²) in [6.07, 6.45) is 13.7. The van der Waals surface area contributed by atoms with Gasteiger partial charge in [-0.25, -0.2) is 0 Å². The minimum absolute atomic E-state index is 0.277. The minimum atomic E-state index is 0.277. The van der Waals surface area contributed by atoms with Crippen LogP contribution in [0.5, 0.6) is 0 Å². The Kier molecular flexibility index (Phi) is 10.6. The topological polar surface area (TPSA) is 26.5 Å². The van der Waals surface area contributed by atoms with Crippen LogP contribution in [0.4, 0.5) is 0 Å². The molecule has 0 saturated heterocycles. The number of aliphatic hydroxyl groups is 1. The van der Waals surface area contributed by atoms with Crippen molar-refractivity contribution in [3.05, 3.63) is 0 Å². The quantitative estimate of drug-likeness (QED) is 0.415. The molecule has 3 heteroatoms. The monoisotopic (exact) mass is 297 g/mol. The molecule has 3 nitrogen and oxygen atoms in total. The standard InChI is InChI=1S/C18H37N2O/c1-3-5-6-7-8-9-10-11-12-13-18-19(4-2)14-15-20(18)16-17-21/h21H,3-17H2,1-2H3/q+1. The number of hydrogen-bond donors (Lipinski definition) is 1. The summed E-state index contributed by atoms with van der Waals surface area (Å²) in [4.78, 5) is 2.49. The lowest BCUT2D eigenvalue weighted by atomic mass is 10.1. The van der Waals surface area contributed by atoms with Gasteiger partial charge in [-0.05, 0) is 13.3 Å². The number of amidine groups is 1. The minimum Gasteiger partial charge on any atom is -0.392 e. The van der Waals surface area contributed by atoms with E-state index in [0.717, 1.165) is 26.2 Å². The first kappa shape index (κ1) is 18.5. The van der Waals surface area contributed by atoms with Crippen molar-refractivity contribution in [2.24, 2.45) is 0 Å². The molecule has 0 spiro atoms. The van der Waals surface area contributed by atoms with Gasteiger partial charge in [-0.15, -0.1) is 0 Å². The third-order valence-electron chi connectivity index (χ3n) is 4.63. The van der Waals surface area contributed by atoms with E-state index in [0.29, 0.717) is 0 Å². The average molecular weight is 298 g/mol. The van der Waals surface area contributed by atoms with Crippen LogP contribution in [0, 0.1) is 0 Å². The molecule has 124 valence electrons. The number of nitrogens with zero attached hydrogens (tertiary/aromatic N) is 2. The second-order valence-electron chi connectivity index (χ2n) is 6.28. The van der Waals surface area contributed by atoms with Crippen LogP contribution in [-0.2, 0) is 0 Å². The van der Waals surface area contributed by atoms with Crippen LogP contribution in [0.2, 0.25) is 0 Å². The van der Waals surface area contributed by atoms with E-state index >= 15 is 0 Å². The van der Waals surface area contributed by atoms with Gasteiger partial charge in [0.2, 0.25) is 5.84 Å². The molecular weight excluding hydrogens is 260 g/mol. The van der Waals surface area contributed by atoms with E-state index in [1.54, 1.807) is 0 Å². The lowest BCUT2D eigenvalue weighted by Gasteiger charge is -2.11. The maximum Gasteiger partial charge on any atom is 0.247 e. The second kappa shape index (κ2) is 12.0. The molecule has 0 aliphatic carbocycles. The Bertz CT molecular complexity index is 289. The second-order valence-corrected chi connectivity index (χ2v) is 6.28. The van der Waals surface area contributed by atoms with Gasteiger partial charge in [-0.3, -0.25) is 9.48 Å². The molecule has 0 aromatic heterocycles. The fourth-order valence-electron chi connectivity index (χ4n) is 3.31. The van der Waals surface area contributed by atoms with Crippen LogP contribution in [0.25, 0.3) is 0 Å². The average Bonchev–Trinajstić information content (AvgIpc) is 2.88. The zero-order valence-corrected chi connectivity index (χ0v) is 14.4. The van der Waals surface area contributed by atoms with Crippen LogP contribution < -0.4 is 0 Å². The number of rotatable bonds is 13. The normalized spacial score (nSPS) is 15.3. The Morgan fingerprint density at radius 3 is 2.14 bits per heavy atom. The Hall–Kier alpha value is -0.570. The van der Waals surface area contributed by atoms with E-state index in [1.165, 1.54) is 70.0 Å². The Labute approximate surface area is 132 Å². The Balaban J connectivity index is 2.11. The van der Waals surface area contributed by atoms with Crippen molar-refractivity contribution in [3.63, 3.8) is 0 Å². The summed E-state index contributed by atoms with van der Waals surface area (Å²) < 4.78 is 2.38. The fraction of sp³-hybridized carbons (Fsp3) is 0.944. The molecule has 1 N–H and O–H groups in total. The SMILES string of the molecule is CCCCCCCCCCCC1=[N+](CCO)CCN1CC.